The third kappa shape index (κ3) is 4.84. The van der Waals surface area contributed by atoms with Crippen LogP contribution in [0, 0.1) is 5.92 Å². The Morgan fingerprint density at radius 1 is 1.11 bits per heavy atom. The van der Waals surface area contributed by atoms with Crippen molar-refractivity contribution in [2.45, 2.75) is 64.9 Å². The largest absolute Gasteiger partial charge is 0.490 e. The molecule has 0 spiro atoms. The maximum Gasteiger partial charge on any atom is 0.416 e. The molecule has 186 valence electrons. The summed E-state index contributed by atoms with van der Waals surface area (Å²) in [6.45, 7) is 12.8. The van der Waals surface area contributed by atoms with E-state index in [2.05, 4.69) is 26.5 Å². The van der Waals surface area contributed by atoms with Crippen molar-refractivity contribution in [2.24, 2.45) is 5.92 Å². The Kier molecular flexibility index (Phi) is 6.76. The standard InChI is InChI=1S/C30H34F3NO/c1-7-22-14-19(2)15-23(22)16-20(3)35-18-21-12-13-26-25(17-21)28(34(6)29(26,4)5)24-10-8-9-11-27(24)30(31,32)33/h7-13,16-17,19,28H,3,14-15,18H2,1-2,4-6H3/b22-7-,23-16-. The van der Waals surface area contributed by atoms with Crippen molar-refractivity contribution >= 4 is 0 Å². The molecular formula is C30H34F3NO. The van der Waals surface area contributed by atoms with Crippen molar-refractivity contribution < 1.29 is 17.9 Å². The lowest BCUT2D eigenvalue weighted by molar-refractivity contribution is -0.138. The van der Waals surface area contributed by atoms with Gasteiger partial charge in [0.1, 0.15) is 12.4 Å². The molecule has 0 aromatic heterocycles. The molecule has 5 heteroatoms. The highest BCUT2D eigenvalue weighted by atomic mass is 19.4. The lowest BCUT2D eigenvalue weighted by Gasteiger charge is -2.33. The quantitative estimate of drug-likeness (QED) is 0.398. The third-order valence-electron chi connectivity index (χ3n) is 7.56. The maximum atomic E-state index is 13.9. The summed E-state index contributed by atoms with van der Waals surface area (Å²) in [5, 5.41) is 0. The van der Waals surface area contributed by atoms with Crippen molar-refractivity contribution in [3.8, 4) is 0 Å². The molecule has 2 nitrogen and oxygen atoms in total. The van der Waals surface area contributed by atoms with Crippen LogP contribution in [0.15, 0.2) is 78.1 Å². The molecule has 2 aromatic rings. The minimum Gasteiger partial charge on any atom is -0.490 e. The van der Waals surface area contributed by atoms with Crippen molar-refractivity contribution in [1.82, 2.24) is 4.90 Å². The fourth-order valence-corrected chi connectivity index (χ4v) is 5.53. The number of benzene rings is 2. The zero-order chi connectivity index (χ0) is 25.5. The first-order chi connectivity index (χ1) is 16.4. The molecule has 4 rings (SSSR count). The molecule has 2 aromatic carbocycles. The molecule has 0 saturated heterocycles. The van der Waals surface area contributed by atoms with Gasteiger partial charge < -0.3 is 4.74 Å². The van der Waals surface area contributed by atoms with E-state index < -0.39 is 23.3 Å². The summed E-state index contributed by atoms with van der Waals surface area (Å²) in [7, 11) is 1.89. The van der Waals surface area contributed by atoms with E-state index in [4.69, 9.17) is 4.74 Å². The van der Waals surface area contributed by atoms with Crippen LogP contribution in [0.3, 0.4) is 0 Å². The molecule has 2 unspecified atom stereocenters. The van der Waals surface area contributed by atoms with Gasteiger partial charge in [-0.3, -0.25) is 4.90 Å². The van der Waals surface area contributed by atoms with Gasteiger partial charge >= 0.3 is 6.18 Å². The number of hydrogen-bond donors (Lipinski definition) is 0. The van der Waals surface area contributed by atoms with Gasteiger partial charge in [0.25, 0.3) is 0 Å². The first kappa shape index (κ1) is 25.3. The van der Waals surface area contributed by atoms with Crippen LogP contribution in [0.5, 0.6) is 0 Å². The molecule has 2 aliphatic rings. The van der Waals surface area contributed by atoms with Crippen LogP contribution in [-0.2, 0) is 23.1 Å². The highest BCUT2D eigenvalue weighted by Gasteiger charge is 2.45. The van der Waals surface area contributed by atoms with E-state index >= 15 is 0 Å². The summed E-state index contributed by atoms with van der Waals surface area (Å²) < 4.78 is 47.6. The second-order valence-electron chi connectivity index (χ2n) is 10.3. The highest BCUT2D eigenvalue weighted by molar-refractivity contribution is 5.50. The van der Waals surface area contributed by atoms with Crippen molar-refractivity contribution in [3.05, 3.63) is 106 Å². The van der Waals surface area contributed by atoms with Crippen molar-refractivity contribution in [3.63, 3.8) is 0 Å². The van der Waals surface area contributed by atoms with Crippen LogP contribution in [-0.4, -0.2) is 11.9 Å². The lowest BCUT2D eigenvalue weighted by atomic mass is 9.90. The van der Waals surface area contributed by atoms with Gasteiger partial charge in [-0.05, 0) is 92.1 Å². The summed E-state index contributed by atoms with van der Waals surface area (Å²) in [6.07, 6.45) is 1.85. The second-order valence-corrected chi connectivity index (χ2v) is 10.3. The Morgan fingerprint density at radius 3 is 2.49 bits per heavy atom. The number of hydrogen-bond acceptors (Lipinski definition) is 2. The Bertz CT molecular complexity index is 1190. The van der Waals surface area contributed by atoms with Gasteiger partial charge in [0.15, 0.2) is 0 Å². The maximum absolute atomic E-state index is 13.9. The Hall–Kier alpha value is -2.79. The van der Waals surface area contributed by atoms with Gasteiger partial charge in [-0.2, -0.15) is 13.2 Å². The molecule has 0 amide bonds. The number of halogens is 3. The van der Waals surface area contributed by atoms with E-state index in [1.54, 1.807) is 12.1 Å². The second kappa shape index (κ2) is 9.34. The highest BCUT2D eigenvalue weighted by Crippen LogP contribution is 2.50. The van der Waals surface area contributed by atoms with E-state index in [0.717, 1.165) is 29.5 Å². The Labute approximate surface area is 206 Å². The van der Waals surface area contributed by atoms with Crippen molar-refractivity contribution in [2.75, 3.05) is 7.05 Å². The number of rotatable bonds is 5. The average molecular weight is 482 g/mol. The fraction of sp³-hybridized carbons (Fsp3) is 0.400. The molecule has 35 heavy (non-hydrogen) atoms. The van der Waals surface area contributed by atoms with Crippen molar-refractivity contribution in [1.29, 1.82) is 0 Å². The minimum atomic E-state index is -4.42. The van der Waals surface area contributed by atoms with Crippen LogP contribution in [0.2, 0.25) is 0 Å². The zero-order valence-corrected chi connectivity index (χ0v) is 21.2. The third-order valence-corrected chi connectivity index (χ3v) is 7.56. The molecule has 0 N–H and O–H groups in total. The molecule has 2 atom stereocenters. The van der Waals surface area contributed by atoms with E-state index in [0.29, 0.717) is 18.3 Å². The van der Waals surface area contributed by atoms with Crippen LogP contribution in [0.1, 0.15) is 74.4 Å². The van der Waals surface area contributed by atoms with E-state index in [1.165, 1.54) is 23.3 Å². The predicted molar refractivity (Wildman–Crippen MR) is 135 cm³/mol. The molecule has 1 heterocycles. The fourth-order valence-electron chi connectivity index (χ4n) is 5.53. The number of alkyl halides is 3. The average Bonchev–Trinajstić information content (AvgIpc) is 3.25. The molecule has 0 bridgehead atoms. The van der Waals surface area contributed by atoms with Gasteiger partial charge in [-0.1, -0.05) is 56.0 Å². The summed E-state index contributed by atoms with van der Waals surface area (Å²) in [6, 6.07) is 11.4. The molecular weight excluding hydrogens is 447 g/mol. The molecule has 1 saturated carbocycles. The Morgan fingerprint density at radius 2 is 1.80 bits per heavy atom. The van der Waals surface area contributed by atoms with Crippen LogP contribution < -0.4 is 0 Å². The van der Waals surface area contributed by atoms with Gasteiger partial charge in [-0.15, -0.1) is 0 Å². The zero-order valence-electron chi connectivity index (χ0n) is 21.2. The van der Waals surface area contributed by atoms with Gasteiger partial charge in [-0.25, -0.2) is 0 Å². The summed E-state index contributed by atoms with van der Waals surface area (Å²) in [4.78, 5) is 2.02. The van der Waals surface area contributed by atoms with Gasteiger partial charge in [0.2, 0.25) is 0 Å². The first-order valence-corrected chi connectivity index (χ1v) is 12.1. The van der Waals surface area contributed by atoms with Crippen LogP contribution in [0.25, 0.3) is 0 Å². The number of nitrogens with zero attached hydrogens (tertiary/aromatic N) is 1. The molecule has 0 radical (unpaired) electrons. The number of ether oxygens (including phenoxy) is 1. The van der Waals surface area contributed by atoms with E-state index in [1.807, 2.05) is 50.1 Å². The minimum absolute atomic E-state index is 0.274. The lowest BCUT2D eigenvalue weighted by Crippen LogP contribution is -2.35. The van der Waals surface area contributed by atoms with Gasteiger partial charge in [0.05, 0.1) is 11.6 Å². The number of allylic oxidation sites excluding steroid dienone is 4. The van der Waals surface area contributed by atoms with Gasteiger partial charge in [0, 0.05) is 5.54 Å². The van der Waals surface area contributed by atoms with Crippen LogP contribution in [0.4, 0.5) is 13.2 Å². The monoisotopic (exact) mass is 481 g/mol. The normalized spacial score (nSPS) is 24.2. The Balaban J connectivity index is 1.62. The SMILES string of the molecule is C=C(/C=C1/CC(C)C/C1=C/C)OCc1ccc2c(c1)C(c1ccccc1C(F)(F)F)N(C)C2(C)C. The number of fused-ring (bicyclic) bond motifs is 1. The van der Waals surface area contributed by atoms with Crippen LogP contribution >= 0.6 is 0 Å². The smallest absolute Gasteiger partial charge is 0.416 e. The van der Waals surface area contributed by atoms with E-state index in [-0.39, 0.29) is 5.56 Å². The first-order valence-electron chi connectivity index (χ1n) is 12.1. The molecule has 1 fully saturated rings. The molecule has 1 aliphatic heterocycles. The predicted octanol–water partition coefficient (Wildman–Crippen LogP) is 8.31. The topological polar surface area (TPSA) is 12.5 Å². The van der Waals surface area contributed by atoms with E-state index in [9.17, 15) is 13.2 Å². The summed E-state index contributed by atoms with van der Waals surface area (Å²) in [5.41, 5.74) is 4.72. The molecule has 1 aliphatic carbocycles. The summed E-state index contributed by atoms with van der Waals surface area (Å²) >= 11 is 0. The summed E-state index contributed by atoms with van der Waals surface area (Å²) in [5.74, 6) is 1.22.